The lowest BCUT2D eigenvalue weighted by atomic mass is 9.75. The lowest BCUT2D eigenvalue weighted by molar-refractivity contribution is 0.290. The number of fused-ring (bicyclic) bond motifs is 1. The number of benzene rings is 2. The van der Waals surface area contributed by atoms with Crippen LogP contribution in [0.3, 0.4) is 0 Å². The van der Waals surface area contributed by atoms with Gasteiger partial charge in [-0.05, 0) is 74.8 Å². The highest BCUT2D eigenvalue weighted by atomic mass is 15.2. The van der Waals surface area contributed by atoms with E-state index in [9.17, 15) is 0 Å². The molecule has 2 aromatic rings. The van der Waals surface area contributed by atoms with Crippen molar-refractivity contribution in [2.24, 2.45) is 4.99 Å². The third-order valence-electron chi connectivity index (χ3n) is 6.53. The Bertz CT molecular complexity index is 861. The largest absolute Gasteiger partial charge is 0.352 e. The van der Waals surface area contributed by atoms with E-state index in [4.69, 9.17) is 4.99 Å². The molecule has 0 spiro atoms. The van der Waals surface area contributed by atoms with Crippen molar-refractivity contribution in [1.29, 1.82) is 0 Å². The highest BCUT2D eigenvalue weighted by molar-refractivity contribution is 5.73. The Balaban J connectivity index is 1.89. The zero-order valence-corrected chi connectivity index (χ0v) is 16.1. The van der Waals surface area contributed by atoms with E-state index in [0.29, 0.717) is 0 Å². The first-order valence-corrected chi connectivity index (χ1v) is 9.41. The maximum absolute atomic E-state index is 4.77. The monoisotopic (exact) mass is 332 g/mol. The molecule has 25 heavy (non-hydrogen) atoms. The molecule has 4 rings (SSSR count). The number of aliphatic imine (C=N–C) groups is 1. The molecule has 1 unspecified atom stereocenters. The second-order valence-corrected chi connectivity index (χ2v) is 8.09. The maximum atomic E-state index is 4.77. The number of hydrogen-bond donors (Lipinski definition) is 0. The van der Waals surface area contributed by atoms with Gasteiger partial charge in [0, 0.05) is 12.6 Å². The molecule has 1 aliphatic carbocycles. The van der Waals surface area contributed by atoms with Crippen LogP contribution in [0.4, 0.5) is 5.69 Å². The van der Waals surface area contributed by atoms with Crippen molar-refractivity contribution < 1.29 is 0 Å². The van der Waals surface area contributed by atoms with Gasteiger partial charge in [0.1, 0.15) is 0 Å². The van der Waals surface area contributed by atoms with E-state index in [-0.39, 0.29) is 5.54 Å². The number of hydrogen-bond acceptors (Lipinski definition) is 2. The summed E-state index contributed by atoms with van der Waals surface area (Å²) in [6, 6.07) is 11.6. The Labute approximate surface area is 151 Å². The molecule has 2 nitrogen and oxygen atoms in total. The van der Waals surface area contributed by atoms with Crippen LogP contribution in [0.15, 0.2) is 35.3 Å². The molecule has 1 atom stereocenters. The highest BCUT2D eigenvalue weighted by Crippen LogP contribution is 2.46. The van der Waals surface area contributed by atoms with Crippen LogP contribution in [-0.4, -0.2) is 18.3 Å². The van der Waals surface area contributed by atoms with E-state index in [1.54, 1.807) is 0 Å². The number of aryl methyl sites for hydroxylation is 2. The van der Waals surface area contributed by atoms with Crippen LogP contribution in [0.25, 0.3) is 0 Å². The van der Waals surface area contributed by atoms with E-state index in [1.807, 2.05) is 6.34 Å². The summed E-state index contributed by atoms with van der Waals surface area (Å²) in [6.45, 7) is 8.99. The summed E-state index contributed by atoms with van der Waals surface area (Å²) in [7, 11) is 2.14. The zero-order valence-electron chi connectivity index (χ0n) is 16.1. The van der Waals surface area contributed by atoms with Crippen molar-refractivity contribution in [1.82, 2.24) is 4.90 Å². The third-order valence-corrected chi connectivity index (χ3v) is 6.53. The summed E-state index contributed by atoms with van der Waals surface area (Å²) in [5.74, 6) is 0.745. The van der Waals surface area contributed by atoms with Crippen molar-refractivity contribution in [3.8, 4) is 0 Å². The molecular formula is C23H28N2. The second kappa shape index (κ2) is 5.72. The summed E-state index contributed by atoms with van der Waals surface area (Å²) >= 11 is 0. The van der Waals surface area contributed by atoms with Crippen molar-refractivity contribution in [3.05, 3.63) is 63.7 Å². The first-order chi connectivity index (χ1) is 11.9. The molecule has 2 aromatic carbocycles. The first kappa shape index (κ1) is 16.4. The van der Waals surface area contributed by atoms with E-state index in [1.165, 1.54) is 52.6 Å². The normalized spacial score (nSPS) is 22.7. The molecular weight excluding hydrogens is 304 g/mol. The predicted octanol–water partition coefficient (Wildman–Crippen LogP) is 5.75. The van der Waals surface area contributed by atoms with Gasteiger partial charge in [0.25, 0.3) is 0 Å². The molecule has 2 heteroatoms. The van der Waals surface area contributed by atoms with Gasteiger partial charge in [-0.1, -0.05) is 36.2 Å². The average molecular weight is 332 g/mol. The minimum atomic E-state index is -0.184. The smallest absolute Gasteiger partial charge is 0.0919 e. The van der Waals surface area contributed by atoms with Crippen LogP contribution in [0.5, 0.6) is 0 Å². The Morgan fingerprint density at radius 2 is 1.80 bits per heavy atom. The summed E-state index contributed by atoms with van der Waals surface area (Å²) in [4.78, 5) is 7.04. The van der Waals surface area contributed by atoms with Gasteiger partial charge in [-0.2, -0.15) is 0 Å². The standard InChI is InChI=1S/C23H28N2/c1-15-11-16(2)17(3)21(12-15)23(4)20-10-9-19(18-7-6-8-18)13-22(20)24-14-25(23)5/h9-14,18H,6-8H2,1-5H3. The minimum Gasteiger partial charge on any atom is -0.352 e. The van der Waals surface area contributed by atoms with Gasteiger partial charge in [0.15, 0.2) is 0 Å². The molecule has 0 bridgehead atoms. The quantitative estimate of drug-likeness (QED) is 0.684. The lowest BCUT2D eigenvalue weighted by Gasteiger charge is -2.43. The minimum absolute atomic E-state index is 0.184. The summed E-state index contributed by atoms with van der Waals surface area (Å²) in [6.07, 6.45) is 6.03. The first-order valence-electron chi connectivity index (χ1n) is 9.41. The molecule has 0 N–H and O–H groups in total. The molecule has 1 heterocycles. The van der Waals surface area contributed by atoms with E-state index < -0.39 is 0 Å². The lowest BCUT2D eigenvalue weighted by Crippen LogP contribution is -2.44. The Morgan fingerprint density at radius 1 is 1.04 bits per heavy atom. The van der Waals surface area contributed by atoms with Crippen LogP contribution in [0.2, 0.25) is 0 Å². The maximum Gasteiger partial charge on any atom is 0.0919 e. The van der Waals surface area contributed by atoms with Gasteiger partial charge >= 0.3 is 0 Å². The molecule has 0 radical (unpaired) electrons. The molecule has 0 saturated heterocycles. The molecule has 0 aromatic heterocycles. The SMILES string of the molecule is Cc1cc(C)c(C)c(C2(C)c3ccc(C4CCC4)cc3N=CN2C)c1. The van der Waals surface area contributed by atoms with Gasteiger partial charge in [-0.15, -0.1) is 0 Å². The molecule has 1 fully saturated rings. The average Bonchev–Trinajstić information content (AvgIpc) is 2.53. The molecule has 1 aliphatic heterocycles. The summed E-state index contributed by atoms with van der Waals surface area (Å²) < 4.78 is 0. The van der Waals surface area contributed by atoms with Crippen LogP contribution in [0.1, 0.15) is 65.5 Å². The molecule has 1 saturated carbocycles. The van der Waals surface area contributed by atoms with Gasteiger partial charge in [0.05, 0.1) is 17.6 Å². The van der Waals surface area contributed by atoms with Crippen molar-refractivity contribution in [2.75, 3.05) is 7.05 Å². The van der Waals surface area contributed by atoms with Crippen molar-refractivity contribution in [3.63, 3.8) is 0 Å². The van der Waals surface area contributed by atoms with E-state index >= 15 is 0 Å². The molecule has 0 amide bonds. The fourth-order valence-corrected chi connectivity index (χ4v) is 4.40. The van der Waals surface area contributed by atoms with Crippen LogP contribution in [-0.2, 0) is 5.54 Å². The Hall–Kier alpha value is -2.09. The van der Waals surface area contributed by atoms with Crippen LogP contribution in [0, 0.1) is 20.8 Å². The topological polar surface area (TPSA) is 15.6 Å². The Kier molecular flexibility index (Phi) is 3.75. The van der Waals surface area contributed by atoms with E-state index in [2.05, 4.69) is 70.0 Å². The highest BCUT2D eigenvalue weighted by Gasteiger charge is 2.38. The number of rotatable bonds is 2. The van der Waals surface area contributed by atoms with Gasteiger partial charge in [-0.25, -0.2) is 4.99 Å². The fraction of sp³-hybridized carbons (Fsp3) is 0.435. The molecule has 2 aliphatic rings. The van der Waals surface area contributed by atoms with Gasteiger partial charge in [-0.3, -0.25) is 0 Å². The van der Waals surface area contributed by atoms with Gasteiger partial charge < -0.3 is 4.90 Å². The van der Waals surface area contributed by atoms with Crippen molar-refractivity contribution >= 4 is 12.0 Å². The van der Waals surface area contributed by atoms with Crippen molar-refractivity contribution in [2.45, 2.75) is 58.4 Å². The zero-order chi connectivity index (χ0) is 17.8. The van der Waals surface area contributed by atoms with Gasteiger partial charge in [0.2, 0.25) is 0 Å². The Morgan fingerprint density at radius 3 is 2.48 bits per heavy atom. The second-order valence-electron chi connectivity index (χ2n) is 8.09. The molecule has 130 valence electrons. The van der Waals surface area contributed by atoms with Crippen LogP contribution < -0.4 is 0 Å². The number of nitrogens with zero attached hydrogens (tertiary/aromatic N) is 2. The van der Waals surface area contributed by atoms with Crippen LogP contribution >= 0.6 is 0 Å². The summed E-state index contributed by atoms with van der Waals surface area (Å²) in [5.41, 5.74) is 9.18. The third kappa shape index (κ3) is 2.42. The predicted molar refractivity (Wildman–Crippen MR) is 106 cm³/mol. The van der Waals surface area contributed by atoms with E-state index in [0.717, 1.165) is 11.6 Å². The fourth-order valence-electron chi connectivity index (χ4n) is 4.40. The summed E-state index contributed by atoms with van der Waals surface area (Å²) in [5, 5.41) is 0.